The summed E-state index contributed by atoms with van der Waals surface area (Å²) in [5, 5.41) is 75.5. The number of allylic oxidation sites excluding steroid dienone is 4. The minimum absolute atomic E-state index is 0.224. The molecule has 1 saturated heterocycles. The molecule has 336 valence electrons. The molecule has 0 radical (unpaired) electrons. The molecule has 0 bridgehead atoms. The molecule has 57 heavy (non-hydrogen) atoms. The average molecular weight is 814 g/mol. The first kappa shape index (κ1) is 53.6. The summed E-state index contributed by atoms with van der Waals surface area (Å²) in [6.45, 7) is 3.40. The summed E-state index contributed by atoms with van der Waals surface area (Å²) in [5.74, 6) is -0.724. The van der Waals surface area contributed by atoms with Gasteiger partial charge in [-0.1, -0.05) is 154 Å². The Hall–Kier alpha value is -1.41. The summed E-state index contributed by atoms with van der Waals surface area (Å²) < 4.78 is 11.1. The molecule has 9 atom stereocenters. The van der Waals surface area contributed by atoms with Crippen molar-refractivity contribution in [2.75, 3.05) is 13.2 Å². The number of unbranched alkanes of at least 4 members (excludes halogenated alkanes) is 22. The van der Waals surface area contributed by atoms with E-state index in [-0.39, 0.29) is 12.8 Å². The average Bonchev–Trinajstić information content (AvgIpc) is 3.21. The number of aliphatic hydroxyl groups excluding tert-OH is 7. The molecule has 0 aromatic rings. The van der Waals surface area contributed by atoms with Crippen molar-refractivity contribution in [2.45, 2.75) is 249 Å². The molecule has 1 aliphatic heterocycles. The number of nitrogens with one attached hydrogen (secondary N) is 1. The smallest absolute Gasteiger partial charge is 0.249 e. The van der Waals surface area contributed by atoms with Gasteiger partial charge in [0, 0.05) is 0 Å². The van der Waals surface area contributed by atoms with E-state index in [1.165, 1.54) is 116 Å². The molecule has 1 aliphatic rings. The Morgan fingerprint density at radius 2 is 1.04 bits per heavy atom. The maximum absolute atomic E-state index is 13.0. The first-order valence-corrected chi connectivity index (χ1v) is 23.2. The Morgan fingerprint density at radius 1 is 0.596 bits per heavy atom. The Labute approximate surface area is 346 Å². The largest absolute Gasteiger partial charge is 0.394 e. The van der Waals surface area contributed by atoms with Crippen LogP contribution < -0.4 is 5.32 Å². The van der Waals surface area contributed by atoms with Gasteiger partial charge in [0.05, 0.1) is 25.4 Å². The van der Waals surface area contributed by atoms with Gasteiger partial charge in [0.1, 0.15) is 36.6 Å². The van der Waals surface area contributed by atoms with Crippen molar-refractivity contribution < 1.29 is 50.0 Å². The molecule has 11 heteroatoms. The second-order valence-corrected chi connectivity index (χ2v) is 16.5. The first-order chi connectivity index (χ1) is 27.7. The van der Waals surface area contributed by atoms with E-state index in [9.17, 15) is 40.5 Å². The highest BCUT2D eigenvalue weighted by molar-refractivity contribution is 5.80. The van der Waals surface area contributed by atoms with Crippen molar-refractivity contribution in [2.24, 2.45) is 0 Å². The number of hydrogen-bond acceptors (Lipinski definition) is 10. The van der Waals surface area contributed by atoms with Gasteiger partial charge in [0.25, 0.3) is 0 Å². The predicted octanol–water partition coefficient (Wildman–Crippen LogP) is 7.45. The number of ether oxygens (including phenoxy) is 2. The van der Waals surface area contributed by atoms with Gasteiger partial charge in [0.2, 0.25) is 5.91 Å². The second-order valence-electron chi connectivity index (χ2n) is 16.5. The minimum atomic E-state index is -1.67. The summed E-state index contributed by atoms with van der Waals surface area (Å²) >= 11 is 0. The standard InChI is InChI=1S/C46H87NO10/c1-3-5-7-9-11-13-15-17-18-19-20-21-22-24-25-27-29-31-33-38(49)41(51)37(36-56-46-44(54)43(53)42(52)40(35-48)57-46)47-45(55)39(50)34-32-30-28-26-23-16-14-12-10-8-6-4-2/h23,25-27,37-44,46,48-54H,3-22,24,28-36H2,1-2H3,(H,47,55)/b26-23-,27-25+. The molecule has 0 spiro atoms. The predicted molar refractivity (Wildman–Crippen MR) is 229 cm³/mol. The maximum atomic E-state index is 13.0. The van der Waals surface area contributed by atoms with Gasteiger partial charge in [-0.05, 0) is 64.2 Å². The molecule has 0 saturated carbocycles. The van der Waals surface area contributed by atoms with Crippen LogP contribution in [0.3, 0.4) is 0 Å². The number of rotatable bonds is 38. The molecule has 0 aromatic carbocycles. The van der Waals surface area contributed by atoms with E-state index >= 15 is 0 Å². The highest BCUT2D eigenvalue weighted by Gasteiger charge is 2.44. The molecule has 8 N–H and O–H groups in total. The lowest BCUT2D eigenvalue weighted by atomic mass is 9.98. The molecular weight excluding hydrogens is 727 g/mol. The van der Waals surface area contributed by atoms with Crippen LogP contribution in [-0.2, 0) is 14.3 Å². The molecule has 1 rings (SSSR count). The van der Waals surface area contributed by atoms with E-state index in [0.717, 1.165) is 38.5 Å². The zero-order chi connectivity index (χ0) is 41.9. The molecule has 1 heterocycles. The van der Waals surface area contributed by atoms with Gasteiger partial charge in [-0.3, -0.25) is 4.79 Å². The fourth-order valence-corrected chi connectivity index (χ4v) is 7.32. The second kappa shape index (κ2) is 36.4. The third kappa shape index (κ3) is 26.4. The number of hydrogen-bond donors (Lipinski definition) is 8. The summed E-state index contributed by atoms with van der Waals surface area (Å²) in [6, 6.07) is -1.19. The lowest BCUT2D eigenvalue weighted by Crippen LogP contribution is -2.60. The summed E-state index contributed by atoms with van der Waals surface area (Å²) in [5.41, 5.74) is 0. The van der Waals surface area contributed by atoms with Crippen LogP contribution in [0.15, 0.2) is 24.3 Å². The van der Waals surface area contributed by atoms with Crippen molar-refractivity contribution in [3.8, 4) is 0 Å². The quantitative estimate of drug-likeness (QED) is 0.0230. The third-order valence-corrected chi connectivity index (χ3v) is 11.2. The Balaban J connectivity index is 2.48. The van der Waals surface area contributed by atoms with Gasteiger partial charge in [-0.25, -0.2) is 0 Å². The van der Waals surface area contributed by atoms with Crippen molar-refractivity contribution in [3.05, 3.63) is 24.3 Å². The highest BCUT2D eigenvalue weighted by atomic mass is 16.7. The number of aliphatic hydroxyl groups is 7. The SMILES string of the molecule is CCCCCCCC/C=C\CCCCC(O)C(=O)NC(COC1OC(CO)C(O)C(O)C1O)C(O)C(O)CCC/C=C/CCCCCCCCCCCCCCC. The molecule has 9 unspecified atom stereocenters. The van der Waals surface area contributed by atoms with Gasteiger partial charge in [-0.2, -0.15) is 0 Å². The lowest BCUT2D eigenvalue weighted by molar-refractivity contribution is -0.303. The zero-order valence-corrected chi connectivity index (χ0v) is 36.1. The van der Waals surface area contributed by atoms with Gasteiger partial charge in [-0.15, -0.1) is 0 Å². The fourth-order valence-electron chi connectivity index (χ4n) is 7.32. The molecule has 1 amide bonds. The van der Waals surface area contributed by atoms with Gasteiger partial charge < -0.3 is 50.5 Å². The lowest BCUT2D eigenvalue weighted by Gasteiger charge is -2.40. The fraction of sp³-hybridized carbons (Fsp3) is 0.891. The number of carbonyl (C=O) groups excluding carboxylic acids is 1. The molecular formula is C46H87NO10. The molecule has 1 fully saturated rings. The van der Waals surface area contributed by atoms with E-state index < -0.39 is 74.2 Å². The number of amides is 1. The topological polar surface area (TPSA) is 189 Å². The minimum Gasteiger partial charge on any atom is -0.394 e. The van der Waals surface area contributed by atoms with Crippen molar-refractivity contribution in [1.29, 1.82) is 0 Å². The maximum Gasteiger partial charge on any atom is 0.249 e. The first-order valence-electron chi connectivity index (χ1n) is 23.2. The number of carbonyl (C=O) groups is 1. The zero-order valence-electron chi connectivity index (χ0n) is 36.1. The van der Waals surface area contributed by atoms with Crippen LogP contribution in [0.4, 0.5) is 0 Å². The van der Waals surface area contributed by atoms with E-state index in [1.807, 2.05) is 0 Å². The van der Waals surface area contributed by atoms with Crippen LogP contribution >= 0.6 is 0 Å². The third-order valence-electron chi connectivity index (χ3n) is 11.2. The summed E-state index contributed by atoms with van der Waals surface area (Å²) in [4.78, 5) is 13.0. The van der Waals surface area contributed by atoms with Crippen molar-refractivity contribution in [3.63, 3.8) is 0 Å². The highest BCUT2D eigenvalue weighted by Crippen LogP contribution is 2.23. The van der Waals surface area contributed by atoms with Gasteiger partial charge in [0.15, 0.2) is 6.29 Å². The molecule has 0 aliphatic carbocycles. The Bertz CT molecular complexity index is 981. The van der Waals surface area contributed by atoms with E-state index in [1.54, 1.807) is 0 Å². The van der Waals surface area contributed by atoms with Crippen LogP contribution in [0.25, 0.3) is 0 Å². The van der Waals surface area contributed by atoms with Gasteiger partial charge >= 0.3 is 0 Å². The van der Waals surface area contributed by atoms with Crippen LogP contribution in [0.5, 0.6) is 0 Å². The Morgan fingerprint density at radius 3 is 1.51 bits per heavy atom. The van der Waals surface area contributed by atoms with Crippen molar-refractivity contribution >= 4 is 5.91 Å². The summed E-state index contributed by atoms with van der Waals surface area (Å²) in [6.07, 6.45) is 28.1. The van der Waals surface area contributed by atoms with Crippen molar-refractivity contribution in [1.82, 2.24) is 5.32 Å². The van der Waals surface area contributed by atoms with E-state index in [2.05, 4.69) is 43.5 Å². The van der Waals surface area contributed by atoms with E-state index in [0.29, 0.717) is 12.8 Å². The van der Waals surface area contributed by atoms with Crippen LogP contribution in [0.1, 0.15) is 194 Å². The molecule has 11 nitrogen and oxygen atoms in total. The summed E-state index contributed by atoms with van der Waals surface area (Å²) in [7, 11) is 0. The van der Waals surface area contributed by atoms with Crippen LogP contribution in [0.2, 0.25) is 0 Å². The monoisotopic (exact) mass is 814 g/mol. The normalized spacial score (nSPS) is 22.3. The van der Waals surface area contributed by atoms with Crippen LogP contribution in [0, 0.1) is 0 Å². The Kier molecular flexibility index (Phi) is 34.3. The van der Waals surface area contributed by atoms with Crippen LogP contribution in [-0.4, -0.2) is 110 Å². The van der Waals surface area contributed by atoms with E-state index in [4.69, 9.17) is 9.47 Å². The molecule has 0 aromatic heterocycles.